The largest absolute Gasteiger partial charge is 0.461 e. The van der Waals surface area contributed by atoms with Crippen molar-refractivity contribution >= 4 is 17.3 Å². The molecule has 1 aliphatic carbocycles. The lowest BCUT2D eigenvalue weighted by atomic mass is 10.0. The van der Waals surface area contributed by atoms with Gasteiger partial charge in [0.1, 0.15) is 5.01 Å². The maximum atomic E-state index is 11.5. The van der Waals surface area contributed by atoms with Crippen molar-refractivity contribution in [2.75, 3.05) is 6.61 Å². The minimum atomic E-state index is -0.355. The third-order valence-corrected chi connectivity index (χ3v) is 3.97. The van der Waals surface area contributed by atoms with Crippen molar-refractivity contribution in [3.05, 3.63) is 16.1 Å². The zero-order valence-corrected chi connectivity index (χ0v) is 10.2. The number of carbonyl (C=O) groups excluding carboxylic acids is 1. The van der Waals surface area contributed by atoms with Crippen LogP contribution in [0.5, 0.6) is 0 Å². The predicted molar refractivity (Wildman–Crippen MR) is 62.4 cm³/mol. The maximum Gasteiger partial charge on any atom is 0.357 e. The fraction of sp³-hybridized carbons (Fsp3) is 0.636. The van der Waals surface area contributed by atoms with Crippen molar-refractivity contribution < 1.29 is 9.53 Å². The Morgan fingerprint density at radius 3 is 2.94 bits per heavy atom. The van der Waals surface area contributed by atoms with E-state index in [1.54, 1.807) is 12.3 Å². The molecule has 0 atom stereocenters. The molecule has 1 aromatic heterocycles. The van der Waals surface area contributed by atoms with Gasteiger partial charge in [0.2, 0.25) is 0 Å². The van der Waals surface area contributed by atoms with Crippen LogP contribution in [-0.2, 0) is 10.3 Å². The maximum absolute atomic E-state index is 11.5. The molecule has 1 aromatic rings. The highest BCUT2D eigenvalue weighted by Gasteiger charge is 2.34. The molecule has 88 valence electrons. The van der Waals surface area contributed by atoms with E-state index in [0.717, 1.165) is 30.7 Å². The van der Waals surface area contributed by atoms with E-state index < -0.39 is 0 Å². The number of ether oxygens (including phenoxy) is 1. The van der Waals surface area contributed by atoms with E-state index in [1.165, 1.54) is 11.3 Å². The summed E-state index contributed by atoms with van der Waals surface area (Å²) in [6.45, 7) is 2.16. The Kier molecular flexibility index (Phi) is 3.25. The molecule has 2 rings (SSSR count). The Bertz CT molecular complexity index is 383. The molecule has 0 spiro atoms. The number of aromatic nitrogens is 1. The Morgan fingerprint density at radius 2 is 2.31 bits per heavy atom. The lowest BCUT2D eigenvalue weighted by Crippen LogP contribution is -2.33. The smallest absolute Gasteiger partial charge is 0.357 e. The average molecular weight is 240 g/mol. The number of thiazole rings is 1. The van der Waals surface area contributed by atoms with Gasteiger partial charge in [-0.05, 0) is 19.8 Å². The van der Waals surface area contributed by atoms with Gasteiger partial charge in [-0.25, -0.2) is 9.78 Å². The summed E-state index contributed by atoms with van der Waals surface area (Å²) >= 11 is 1.46. The third-order valence-electron chi connectivity index (χ3n) is 2.91. The molecular weight excluding hydrogens is 224 g/mol. The van der Waals surface area contributed by atoms with E-state index in [1.807, 2.05) is 0 Å². The van der Waals surface area contributed by atoms with Crippen molar-refractivity contribution in [1.82, 2.24) is 4.98 Å². The van der Waals surface area contributed by atoms with Crippen LogP contribution in [0.1, 0.15) is 48.1 Å². The molecule has 1 fully saturated rings. The van der Waals surface area contributed by atoms with Gasteiger partial charge in [-0.15, -0.1) is 11.3 Å². The summed E-state index contributed by atoms with van der Waals surface area (Å²) in [5.41, 5.74) is 6.34. The number of hydrogen-bond donors (Lipinski definition) is 1. The van der Waals surface area contributed by atoms with E-state index in [0.29, 0.717) is 12.3 Å². The summed E-state index contributed by atoms with van der Waals surface area (Å²) in [4.78, 5) is 15.8. The van der Waals surface area contributed by atoms with Gasteiger partial charge in [0.15, 0.2) is 5.69 Å². The van der Waals surface area contributed by atoms with Crippen molar-refractivity contribution in [1.29, 1.82) is 0 Å². The van der Waals surface area contributed by atoms with Crippen LogP contribution in [0.3, 0.4) is 0 Å². The van der Waals surface area contributed by atoms with Gasteiger partial charge in [0, 0.05) is 5.38 Å². The van der Waals surface area contributed by atoms with Gasteiger partial charge in [0.25, 0.3) is 0 Å². The summed E-state index contributed by atoms with van der Waals surface area (Å²) < 4.78 is 4.90. The second kappa shape index (κ2) is 4.51. The molecule has 5 heteroatoms. The summed E-state index contributed by atoms with van der Waals surface area (Å²) in [7, 11) is 0. The van der Waals surface area contributed by atoms with Gasteiger partial charge in [-0.2, -0.15) is 0 Å². The normalized spacial score (nSPS) is 18.6. The molecule has 0 bridgehead atoms. The Labute approximate surface area is 98.8 Å². The number of rotatable bonds is 3. The van der Waals surface area contributed by atoms with Crippen LogP contribution in [0.4, 0.5) is 0 Å². The number of esters is 1. The zero-order valence-electron chi connectivity index (χ0n) is 9.36. The highest BCUT2D eigenvalue weighted by atomic mass is 32.1. The van der Waals surface area contributed by atoms with Gasteiger partial charge in [-0.1, -0.05) is 12.8 Å². The topological polar surface area (TPSA) is 65.2 Å². The molecule has 0 unspecified atom stereocenters. The van der Waals surface area contributed by atoms with Crippen LogP contribution in [0.2, 0.25) is 0 Å². The molecule has 0 radical (unpaired) electrons. The minimum absolute atomic E-state index is 0.310. The Balaban J connectivity index is 2.16. The quantitative estimate of drug-likeness (QED) is 0.821. The standard InChI is InChI=1S/C11H16N2O2S/c1-2-15-9(14)8-7-16-10(13-8)11(12)5-3-4-6-11/h7H,2-6,12H2,1H3. The van der Waals surface area contributed by atoms with Crippen molar-refractivity contribution in [2.45, 2.75) is 38.1 Å². The van der Waals surface area contributed by atoms with Crippen molar-refractivity contribution in [3.8, 4) is 0 Å². The molecule has 2 N–H and O–H groups in total. The number of nitrogens with two attached hydrogens (primary N) is 1. The summed E-state index contributed by atoms with van der Waals surface area (Å²) in [6, 6.07) is 0. The van der Waals surface area contributed by atoms with Crippen LogP contribution in [-0.4, -0.2) is 17.6 Å². The van der Waals surface area contributed by atoms with Gasteiger partial charge >= 0.3 is 5.97 Å². The first-order valence-corrected chi connectivity index (χ1v) is 6.46. The third kappa shape index (κ3) is 2.10. The van der Waals surface area contributed by atoms with Crippen molar-refractivity contribution in [3.63, 3.8) is 0 Å². The lowest BCUT2D eigenvalue weighted by Gasteiger charge is -2.19. The highest BCUT2D eigenvalue weighted by molar-refractivity contribution is 7.10. The van der Waals surface area contributed by atoms with Gasteiger partial charge in [-0.3, -0.25) is 0 Å². The molecule has 0 aromatic carbocycles. The van der Waals surface area contributed by atoms with Crippen LogP contribution in [0.15, 0.2) is 5.38 Å². The molecule has 4 nitrogen and oxygen atoms in total. The first-order chi connectivity index (χ1) is 7.65. The molecule has 1 aliphatic rings. The summed E-state index contributed by atoms with van der Waals surface area (Å²) in [5, 5.41) is 2.60. The van der Waals surface area contributed by atoms with Crippen molar-refractivity contribution in [2.24, 2.45) is 5.73 Å². The number of nitrogens with zero attached hydrogens (tertiary/aromatic N) is 1. The van der Waals surface area contributed by atoms with E-state index in [4.69, 9.17) is 10.5 Å². The van der Waals surface area contributed by atoms with E-state index >= 15 is 0 Å². The zero-order chi connectivity index (χ0) is 11.6. The Morgan fingerprint density at radius 1 is 1.62 bits per heavy atom. The fourth-order valence-electron chi connectivity index (χ4n) is 2.02. The lowest BCUT2D eigenvalue weighted by molar-refractivity contribution is 0.0520. The second-order valence-electron chi connectivity index (χ2n) is 4.12. The predicted octanol–water partition coefficient (Wildman–Crippen LogP) is 2.05. The van der Waals surface area contributed by atoms with Gasteiger partial charge < -0.3 is 10.5 Å². The van der Waals surface area contributed by atoms with Crippen LogP contribution >= 0.6 is 11.3 Å². The molecule has 0 saturated heterocycles. The minimum Gasteiger partial charge on any atom is -0.461 e. The average Bonchev–Trinajstić information content (AvgIpc) is 2.86. The molecular formula is C11H16N2O2S. The number of carbonyl (C=O) groups is 1. The molecule has 1 saturated carbocycles. The van der Waals surface area contributed by atoms with Gasteiger partial charge in [0.05, 0.1) is 12.1 Å². The highest BCUT2D eigenvalue weighted by Crippen LogP contribution is 2.37. The van der Waals surface area contributed by atoms with E-state index in [2.05, 4.69) is 4.98 Å². The number of hydrogen-bond acceptors (Lipinski definition) is 5. The molecule has 0 amide bonds. The molecule has 0 aliphatic heterocycles. The SMILES string of the molecule is CCOC(=O)c1csc(C2(N)CCCC2)n1. The van der Waals surface area contributed by atoms with E-state index in [9.17, 15) is 4.79 Å². The first kappa shape index (κ1) is 11.5. The van der Waals surface area contributed by atoms with Crippen LogP contribution in [0, 0.1) is 0 Å². The molecule has 16 heavy (non-hydrogen) atoms. The van der Waals surface area contributed by atoms with Crippen LogP contribution in [0.25, 0.3) is 0 Å². The fourth-order valence-corrected chi connectivity index (χ4v) is 2.98. The summed E-state index contributed by atoms with van der Waals surface area (Å²) in [6.07, 6.45) is 4.21. The first-order valence-electron chi connectivity index (χ1n) is 5.58. The van der Waals surface area contributed by atoms with E-state index in [-0.39, 0.29) is 11.5 Å². The monoisotopic (exact) mass is 240 g/mol. The summed E-state index contributed by atoms with van der Waals surface area (Å²) in [5.74, 6) is -0.355. The molecule has 1 heterocycles. The second-order valence-corrected chi connectivity index (χ2v) is 4.98. The Hall–Kier alpha value is -0.940. The van der Waals surface area contributed by atoms with Crippen LogP contribution < -0.4 is 5.73 Å².